The number of alkyl carbamates (subject to hydrolysis) is 1. The molecule has 1 heterocycles. The highest BCUT2D eigenvalue weighted by atomic mass is 79.9. The number of aliphatic imine (C=N–C) groups is 1. The average molecular weight is 712 g/mol. The summed E-state index contributed by atoms with van der Waals surface area (Å²) in [5.74, 6) is -0.862. The molecule has 0 aromatic heterocycles. The van der Waals surface area contributed by atoms with Crippen molar-refractivity contribution in [3.63, 3.8) is 0 Å². The van der Waals surface area contributed by atoms with Crippen LogP contribution in [-0.4, -0.2) is 54.1 Å². The summed E-state index contributed by atoms with van der Waals surface area (Å²) in [6.45, 7) is 1.12. The van der Waals surface area contributed by atoms with E-state index in [2.05, 4.69) is 37.0 Å². The largest absolute Gasteiger partial charge is 0.447 e. The molecular weight excluding hydrogens is 679 g/mol. The Hall–Kier alpha value is -3.01. The van der Waals surface area contributed by atoms with E-state index in [0.29, 0.717) is 9.48 Å². The quantitative estimate of drug-likeness (QED) is 0.156. The van der Waals surface area contributed by atoms with Crippen molar-refractivity contribution in [1.29, 1.82) is 0 Å². The summed E-state index contributed by atoms with van der Waals surface area (Å²) >= 11 is 9.64. The number of benzene rings is 2. The summed E-state index contributed by atoms with van der Waals surface area (Å²) in [5.41, 5.74) is 3.74. The Morgan fingerprint density at radius 2 is 1.77 bits per heavy atom. The first-order valence-electron chi connectivity index (χ1n) is 13.3. The number of nitrogens with two attached hydrogens (primary N) is 1. The molecular formula is C28H33BrClF5N6O3. The smallest absolute Gasteiger partial charge is 0.407 e. The van der Waals surface area contributed by atoms with Gasteiger partial charge in [-0.3, -0.25) is 4.79 Å². The molecule has 0 bridgehead atoms. The number of amides is 2. The Labute approximate surface area is 264 Å². The van der Waals surface area contributed by atoms with Crippen molar-refractivity contribution in [3.8, 4) is 0 Å². The molecule has 242 valence electrons. The number of rotatable bonds is 12. The molecule has 0 saturated carbocycles. The molecule has 9 nitrogen and oxygen atoms in total. The van der Waals surface area contributed by atoms with Crippen molar-refractivity contribution < 1.29 is 36.3 Å². The Morgan fingerprint density at radius 3 is 2.34 bits per heavy atom. The van der Waals surface area contributed by atoms with Crippen molar-refractivity contribution in [3.05, 3.63) is 68.7 Å². The van der Waals surface area contributed by atoms with Gasteiger partial charge >= 0.3 is 12.6 Å². The van der Waals surface area contributed by atoms with Crippen LogP contribution in [-0.2, 0) is 15.1 Å². The molecule has 0 saturated heterocycles. The lowest BCUT2D eigenvalue weighted by Crippen LogP contribution is -2.55. The van der Waals surface area contributed by atoms with E-state index in [4.69, 9.17) is 22.1 Å². The summed E-state index contributed by atoms with van der Waals surface area (Å²) in [6.07, 6.45) is -4.78. The number of hydrogen-bond acceptors (Lipinski definition) is 7. The van der Waals surface area contributed by atoms with E-state index in [9.17, 15) is 27.2 Å². The molecule has 0 radical (unpaired) electrons. The zero-order valence-electron chi connectivity index (χ0n) is 24.2. The number of carbonyl (C=O) groups is 2. The van der Waals surface area contributed by atoms with Gasteiger partial charge in [-0.25, -0.2) is 23.0 Å². The molecule has 0 spiro atoms. The first-order chi connectivity index (χ1) is 20.3. The van der Waals surface area contributed by atoms with Crippen molar-refractivity contribution in [1.82, 2.24) is 21.1 Å². The topological polar surface area (TPSA) is 121 Å². The van der Waals surface area contributed by atoms with E-state index in [1.54, 1.807) is 24.3 Å². The van der Waals surface area contributed by atoms with Crippen LogP contribution < -0.4 is 21.8 Å². The van der Waals surface area contributed by atoms with Crippen LogP contribution in [0, 0.1) is 0 Å². The monoisotopic (exact) mass is 710 g/mol. The lowest BCUT2D eigenvalue weighted by Gasteiger charge is -2.34. The van der Waals surface area contributed by atoms with Crippen molar-refractivity contribution in [2.24, 2.45) is 10.7 Å². The van der Waals surface area contributed by atoms with Gasteiger partial charge in [-0.1, -0.05) is 45.7 Å². The first-order valence-corrected chi connectivity index (χ1v) is 14.4. The van der Waals surface area contributed by atoms with Gasteiger partial charge in [0, 0.05) is 21.5 Å². The Bertz CT molecular complexity index is 1360. The molecule has 2 aromatic rings. The first kappa shape index (κ1) is 35.5. The number of hydrazine groups is 1. The Balaban J connectivity index is 2.01. The molecule has 3 rings (SSSR count). The Morgan fingerprint density at radius 1 is 1.14 bits per heavy atom. The van der Waals surface area contributed by atoms with Crippen LogP contribution in [0.2, 0.25) is 5.02 Å². The van der Waals surface area contributed by atoms with Crippen LogP contribution in [0.1, 0.15) is 63.0 Å². The van der Waals surface area contributed by atoms with E-state index >= 15 is 4.39 Å². The second-order valence-electron chi connectivity index (χ2n) is 11.4. The van der Waals surface area contributed by atoms with E-state index in [1.807, 2.05) is 0 Å². The van der Waals surface area contributed by atoms with Gasteiger partial charge in [-0.2, -0.15) is 8.78 Å². The van der Waals surface area contributed by atoms with Gasteiger partial charge in [-0.05, 0) is 63.1 Å². The fourth-order valence-corrected chi connectivity index (χ4v) is 4.91. The van der Waals surface area contributed by atoms with E-state index < -0.39 is 67.0 Å². The normalized spacial score (nSPS) is 17.7. The molecule has 16 heteroatoms. The van der Waals surface area contributed by atoms with E-state index in [0.717, 1.165) is 20.2 Å². The molecule has 2 aromatic carbocycles. The van der Waals surface area contributed by atoms with Crippen LogP contribution in [0.3, 0.4) is 0 Å². The number of halogens is 7. The number of alkyl halides is 5. The molecule has 1 aliphatic heterocycles. The van der Waals surface area contributed by atoms with Crippen LogP contribution in [0.25, 0.3) is 0 Å². The zero-order valence-corrected chi connectivity index (χ0v) is 26.5. The third-order valence-corrected chi connectivity index (χ3v) is 7.59. The molecule has 44 heavy (non-hydrogen) atoms. The van der Waals surface area contributed by atoms with Crippen LogP contribution >= 0.6 is 27.5 Å². The molecule has 0 aliphatic carbocycles. The van der Waals surface area contributed by atoms with E-state index in [-0.39, 0.29) is 21.7 Å². The minimum Gasteiger partial charge on any atom is -0.447 e. The standard InChI is InChI=1S/C28H33BrClF5N6O3/c1-26(2,35)13-28(36,16-6-8-17(29)9-7-16)23(42)39-20(12-44-25(43)40-27(3,4)22(31)32)15-5-10-19(30)18(11-15)21-37-14-38-41(21)24(33)34/h5-11,14,20-22,24H,12-13,36H2,1-4H3,(H,37,38)(H,39,42)(H,40,43)/t20?,21?,28-/m1/s1. The third-order valence-electron chi connectivity index (χ3n) is 6.72. The molecule has 0 fully saturated rings. The van der Waals surface area contributed by atoms with Crippen LogP contribution in [0.4, 0.5) is 26.7 Å². The minimum atomic E-state index is -2.96. The highest BCUT2D eigenvalue weighted by molar-refractivity contribution is 9.10. The molecule has 5 N–H and O–H groups in total. The van der Waals surface area contributed by atoms with Gasteiger partial charge in [0.2, 0.25) is 5.91 Å². The third kappa shape index (κ3) is 8.79. The zero-order chi connectivity index (χ0) is 33.0. The van der Waals surface area contributed by atoms with Crippen molar-refractivity contribution >= 4 is 45.9 Å². The number of nitrogens with one attached hydrogen (secondary N) is 3. The fourth-order valence-electron chi connectivity index (χ4n) is 4.43. The maximum absolute atomic E-state index is 15.0. The number of nitrogens with zero attached hydrogens (tertiary/aromatic N) is 2. The van der Waals surface area contributed by atoms with Gasteiger partial charge in [0.25, 0.3) is 6.43 Å². The van der Waals surface area contributed by atoms with Gasteiger partial charge in [0.1, 0.15) is 17.8 Å². The number of hydrogen-bond donors (Lipinski definition) is 4. The summed E-state index contributed by atoms with van der Waals surface area (Å²) in [4.78, 5) is 30.4. The summed E-state index contributed by atoms with van der Waals surface area (Å²) < 4.78 is 74.8. The summed E-state index contributed by atoms with van der Waals surface area (Å²) in [5, 5.41) is 5.32. The SMILES string of the molecule is CC(C)(F)C[C@](N)(C(=O)NC(COC(=O)NC(C)(C)C(F)F)c1ccc(Cl)c(C2N=CNN2C(F)F)c1)c1ccc(Br)cc1. The molecule has 3 atom stereocenters. The highest BCUT2D eigenvalue weighted by Gasteiger charge is 2.43. The summed E-state index contributed by atoms with van der Waals surface area (Å²) in [7, 11) is 0. The van der Waals surface area contributed by atoms with E-state index in [1.165, 1.54) is 32.0 Å². The van der Waals surface area contributed by atoms with Crippen molar-refractivity contribution in [2.75, 3.05) is 6.61 Å². The molecule has 2 unspecified atom stereocenters. The number of carbonyl (C=O) groups excluding carboxylic acids is 2. The van der Waals surface area contributed by atoms with Gasteiger partial charge in [0.05, 0.1) is 17.9 Å². The van der Waals surface area contributed by atoms with Crippen LogP contribution in [0.15, 0.2) is 51.9 Å². The van der Waals surface area contributed by atoms with Gasteiger partial charge < -0.3 is 26.5 Å². The van der Waals surface area contributed by atoms with Gasteiger partial charge in [-0.15, -0.1) is 5.01 Å². The van der Waals surface area contributed by atoms with Gasteiger partial charge in [0.15, 0.2) is 6.17 Å². The predicted octanol–water partition coefficient (Wildman–Crippen LogP) is 6.09. The summed E-state index contributed by atoms with van der Waals surface area (Å²) in [6, 6.07) is 9.31. The minimum absolute atomic E-state index is 0.0647. The second-order valence-corrected chi connectivity index (χ2v) is 12.7. The van der Waals surface area contributed by atoms with Crippen LogP contribution in [0.5, 0.6) is 0 Å². The maximum Gasteiger partial charge on any atom is 0.407 e. The molecule has 1 aliphatic rings. The fraction of sp³-hybridized carbons (Fsp3) is 0.464. The lowest BCUT2D eigenvalue weighted by molar-refractivity contribution is -0.129. The highest BCUT2D eigenvalue weighted by Crippen LogP contribution is 2.35. The molecule has 2 amide bonds. The Kier molecular flexibility index (Phi) is 11.3. The number of ether oxygens (including phenoxy) is 1. The second kappa shape index (κ2) is 14.0. The average Bonchev–Trinajstić information content (AvgIpc) is 3.40. The van der Waals surface area contributed by atoms with Crippen molar-refractivity contribution in [2.45, 2.75) is 76.0 Å². The predicted molar refractivity (Wildman–Crippen MR) is 159 cm³/mol. The maximum atomic E-state index is 15.0. The lowest BCUT2D eigenvalue weighted by atomic mass is 9.81.